The summed E-state index contributed by atoms with van der Waals surface area (Å²) in [7, 11) is 1.64. The zero-order valence-electron chi connectivity index (χ0n) is 11.9. The van der Waals surface area contributed by atoms with E-state index in [2.05, 4.69) is 5.32 Å². The molecule has 1 atom stereocenters. The third kappa shape index (κ3) is 3.00. The second-order valence-corrected chi connectivity index (χ2v) is 5.13. The molecule has 21 heavy (non-hydrogen) atoms. The van der Waals surface area contributed by atoms with Crippen LogP contribution in [0.1, 0.15) is 11.1 Å². The quantitative estimate of drug-likeness (QED) is 0.938. The Morgan fingerprint density at radius 2 is 2.10 bits per heavy atom. The third-order valence-electron chi connectivity index (χ3n) is 3.71. The van der Waals surface area contributed by atoms with Crippen molar-refractivity contribution in [1.29, 1.82) is 0 Å². The summed E-state index contributed by atoms with van der Waals surface area (Å²) in [6, 6.07) is 12.9. The fourth-order valence-corrected chi connectivity index (χ4v) is 2.58. The number of nitrogens with one attached hydrogen (secondary N) is 1. The van der Waals surface area contributed by atoms with Crippen molar-refractivity contribution in [1.82, 2.24) is 5.32 Å². The minimum atomic E-state index is -0.177. The molecule has 0 bridgehead atoms. The molecular formula is C17H18FNO2. The maximum absolute atomic E-state index is 13.6. The number of hydrogen-bond acceptors (Lipinski definition) is 3. The van der Waals surface area contributed by atoms with E-state index >= 15 is 0 Å². The molecule has 1 aliphatic rings. The van der Waals surface area contributed by atoms with Crippen molar-refractivity contribution in [2.24, 2.45) is 0 Å². The molecule has 0 aromatic heterocycles. The molecule has 1 N–H and O–H groups in total. The van der Waals surface area contributed by atoms with Crippen LogP contribution in [-0.2, 0) is 13.0 Å². The van der Waals surface area contributed by atoms with E-state index < -0.39 is 0 Å². The Morgan fingerprint density at radius 1 is 1.24 bits per heavy atom. The van der Waals surface area contributed by atoms with Crippen molar-refractivity contribution in [3.05, 3.63) is 59.4 Å². The van der Waals surface area contributed by atoms with Crippen LogP contribution in [0, 0.1) is 5.82 Å². The first-order chi connectivity index (χ1) is 10.3. The number of hydrogen-bond donors (Lipinski definition) is 1. The number of halogens is 1. The van der Waals surface area contributed by atoms with E-state index in [0.717, 1.165) is 23.5 Å². The van der Waals surface area contributed by atoms with E-state index in [9.17, 15) is 4.39 Å². The van der Waals surface area contributed by atoms with Gasteiger partial charge >= 0.3 is 0 Å². The predicted molar refractivity (Wildman–Crippen MR) is 79.2 cm³/mol. The van der Waals surface area contributed by atoms with Crippen molar-refractivity contribution in [3.63, 3.8) is 0 Å². The van der Waals surface area contributed by atoms with Gasteiger partial charge in [-0.15, -0.1) is 0 Å². The number of methoxy groups -OCH3 is 1. The molecule has 0 saturated carbocycles. The molecule has 1 aliphatic heterocycles. The lowest BCUT2D eigenvalue weighted by atomic mass is 10.0. The van der Waals surface area contributed by atoms with E-state index in [1.807, 2.05) is 24.3 Å². The first kappa shape index (κ1) is 13.9. The lowest BCUT2D eigenvalue weighted by molar-refractivity contribution is 0.226. The fraction of sp³-hybridized carbons (Fsp3) is 0.294. The van der Waals surface area contributed by atoms with Crippen molar-refractivity contribution >= 4 is 0 Å². The zero-order chi connectivity index (χ0) is 14.7. The maximum atomic E-state index is 13.6. The monoisotopic (exact) mass is 287 g/mol. The van der Waals surface area contributed by atoms with Gasteiger partial charge in [0, 0.05) is 18.2 Å². The van der Waals surface area contributed by atoms with Gasteiger partial charge in [0.25, 0.3) is 0 Å². The van der Waals surface area contributed by atoms with Gasteiger partial charge in [-0.3, -0.25) is 0 Å². The maximum Gasteiger partial charge on any atom is 0.164 e. The molecule has 0 unspecified atom stereocenters. The lowest BCUT2D eigenvalue weighted by Crippen LogP contribution is -2.39. The van der Waals surface area contributed by atoms with Crippen molar-refractivity contribution in [2.75, 3.05) is 13.7 Å². The molecule has 1 heterocycles. The minimum absolute atomic E-state index is 0.171. The Morgan fingerprint density at radius 3 is 2.90 bits per heavy atom. The highest BCUT2D eigenvalue weighted by atomic mass is 19.1. The Balaban J connectivity index is 1.66. The molecule has 110 valence electrons. The third-order valence-corrected chi connectivity index (χ3v) is 3.71. The average molecular weight is 287 g/mol. The summed E-state index contributed by atoms with van der Waals surface area (Å²) in [6.07, 6.45) is 0.848. The summed E-state index contributed by atoms with van der Waals surface area (Å²) >= 11 is 0. The predicted octanol–water partition coefficient (Wildman–Crippen LogP) is 2.93. The van der Waals surface area contributed by atoms with E-state index in [1.54, 1.807) is 19.2 Å². The summed E-state index contributed by atoms with van der Waals surface area (Å²) < 4.78 is 24.7. The van der Waals surface area contributed by atoms with Gasteiger partial charge in [0.1, 0.15) is 12.4 Å². The standard InChI is InChI=1S/C17H18FNO2/c1-20-16-8-4-6-12-9-14(11-21-17(12)16)19-10-13-5-2-3-7-15(13)18/h2-8,14,19H,9-11H2,1H3/t14-/m0/s1. The highest BCUT2D eigenvalue weighted by Crippen LogP contribution is 2.34. The van der Waals surface area contributed by atoms with Crippen LogP contribution in [0.5, 0.6) is 11.5 Å². The fourth-order valence-electron chi connectivity index (χ4n) is 2.58. The number of rotatable bonds is 4. The molecule has 2 aromatic rings. The van der Waals surface area contributed by atoms with Gasteiger partial charge in [0.05, 0.1) is 7.11 Å². The van der Waals surface area contributed by atoms with E-state index in [-0.39, 0.29) is 11.9 Å². The highest BCUT2D eigenvalue weighted by molar-refractivity contribution is 5.48. The Labute approximate surface area is 123 Å². The summed E-state index contributed by atoms with van der Waals surface area (Å²) in [6.45, 7) is 1.06. The van der Waals surface area contributed by atoms with Gasteiger partial charge in [-0.25, -0.2) is 4.39 Å². The molecule has 2 aromatic carbocycles. The molecule has 0 saturated heterocycles. The SMILES string of the molecule is COc1cccc2c1OC[C@@H](NCc1ccccc1F)C2. The molecule has 0 radical (unpaired) electrons. The summed E-state index contributed by atoms with van der Waals surface area (Å²) in [5.41, 5.74) is 1.79. The summed E-state index contributed by atoms with van der Waals surface area (Å²) in [5.74, 6) is 1.41. The van der Waals surface area contributed by atoms with Crippen LogP contribution in [0.15, 0.2) is 42.5 Å². The first-order valence-electron chi connectivity index (χ1n) is 7.03. The van der Waals surface area contributed by atoms with Crippen molar-refractivity contribution in [3.8, 4) is 11.5 Å². The van der Waals surface area contributed by atoms with Gasteiger partial charge in [-0.2, -0.15) is 0 Å². The van der Waals surface area contributed by atoms with Crippen LogP contribution in [0.25, 0.3) is 0 Å². The molecule has 3 rings (SSSR count). The molecule has 3 nitrogen and oxygen atoms in total. The van der Waals surface area contributed by atoms with E-state index in [0.29, 0.717) is 18.7 Å². The Kier molecular flexibility index (Phi) is 4.06. The van der Waals surface area contributed by atoms with E-state index in [4.69, 9.17) is 9.47 Å². The first-order valence-corrected chi connectivity index (χ1v) is 7.03. The van der Waals surface area contributed by atoms with E-state index in [1.165, 1.54) is 6.07 Å². The van der Waals surface area contributed by atoms with Crippen molar-refractivity contribution < 1.29 is 13.9 Å². The van der Waals surface area contributed by atoms with Crippen LogP contribution in [0.3, 0.4) is 0 Å². The minimum Gasteiger partial charge on any atom is -0.493 e. The van der Waals surface area contributed by atoms with Crippen LogP contribution < -0.4 is 14.8 Å². The molecule has 0 spiro atoms. The number of ether oxygens (including phenoxy) is 2. The van der Waals surface area contributed by atoms with Gasteiger partial charge in [0.2, 0.25) is 0 Å². The van der Waals surface area contributed by atoms with Gasteiger partial charge in [-0.05, 0) is 24.1 Å². The second kappa shape index (κ2) is 6.14. The lowest BCUT2D eigenvalue weighted by Gasteiger charge is -2.27. The summed E-state index contributed by atoms with van der Waals surface area (Å²) in [5, 5.41) is 3.35. The number of fused-ring (bicyclic) bond motifs is 1. The molecule has 0 fully saturated rings. The summed E-state index contributed by atoms with van der Waals surface area (Å²) in [4.78, 5) is 0. The van der Waals surface area contributed by atoms with Crippen LogP contribution in [-0.4, -0.2) is 19.8 Å². The Bertz CT molecular complexity index is 630. The normalized spacial score (nSPS) is 17.0. The Hall–Kier alpha value is -2.07. The van der Waals surface area contributed by atoms with Gasteiger partial charge in [0.15, 0.2) is 11.5 Å². The molecule has 4 heteroatoms. The van der Waals surface area contributed by atoms with Crippen LogP contribution >= 0.6 is 0 Å². The van der Waals surface area contributed by atoms with Crippen LogP contribution in [0.2, 0.25) is 0 Å². The number of para-hydroxylation sites is 1. The molecular weight excluding hydrogens is 269 g/mol. The van der Waals surface area contributed by atoms with Crippen LogP contribution in [0.4, 0.5) is 4.39 Å². The van der Waals surface area contributed by atoms with Gasteiger partial charge < -0.3 is 14.8 Å². The number of benzene rings is 2. The topological polar surface area (TPSA) is 30.5 Å². The highest BCUT2D eigenvalue weighted by Gasteiger charge is 2.22. The van der Waals surface area contributed by atoms with Gasteiger partial charge in [-0.1, -0.05) is 30.3 Å². The average Bonchev–Trinajstić information content (AvgIpc) is 2.53. The zero-order valence-corrected chi connectivity index (χ0v) is 11.9. The van der Waals surface area contributed by atoms with Crippen molar-refractivity contribution in [2.45, 2.75) is 19.0 Å². The largest absolute Gasteiger partial charge is 0.493 e. The second-order valence-electron chi connectivity index (χ2n) is 5.13. The smallest absolute Gasteiger partial charge is 0.164 e. The molecule has 0 amide bonds. The molecule has 0 aliphatic carbocycles.